The number of aryl methyl sites for hydroxylation is 2. The number of ether oxygens (including phenoxy) is 1. The Hall–Kier alpha value is -3.23. The zero-order valence-electron chi connectivity index (χ0n) is 18.4. The van der Waals surface area contributed by atoms with Crippen LogP contribution in [-0.2, 0) is 11.2 Å². The van der Waals surface area contributed by atoms with Gasteiger partial charge in [-0.3, -0.25) is 9.59 Å². The van der Waals surface area contributed by atoms with Gasteiger partial charge in [0, 0.05) is 25.7 Å². The van der Waals surface area contributed by atoms with Gasteiger partial charge >= 0.3 is 5.97 Å². The minimum Gasteiger partial charge on any atom is -0.462 e. The lowest BCUT2D eigenvalue weighted by molar-refractivity contribution is 0.0388. The van der Waals surface area contributed by atoms with E-state index in [4.69, 9.17) is 9.15 Å². The summed E-state index contributed by atoms with van der Waals surface area (Å²) in [5.74, 6) is -0.455. The lowest BCUT2D eigenvalue weighted by Gasteiger charge is -2.39. The van der Waals surface area contributed by atoms with Crippen molar-refractivity contribution < 1.29 is 23.5 Å². The number of esters is 1. The van der Waals surface area contributed by atoms with E-state index in [0.29, 0.717) is 37.6 Å². The molecular weight excluding hydrogens is 400 g/mol. The van der Waals surface area contributed by atoms with E-state index in [9.17, 15) is 14.4 Å². The molecule has 1 saturated heterocycles. The molecule has 1 atom stereocenters. The van der Waals surface area contributed by atoms with Gasteiger partial charge in [0.2, 0.25) is 0 Å². The second-order valence-electron chi connectivity index (χ2n) is 7.49. The average molecular weight is 428 g/mol. The minimum atomic E-state index is -0.589. The molecule has 31 heavy (non-hydrogen) atoms. The van der Waals surface area contributed by atoms with Gasteiger partial charge in [-0.25, -0.2) is 14.8 Å². The number of hydrogen-bond acceptors (Lipinski definition) is 7. The monoisotopic (exact) mass is 428 g/mol. The zero-order valence-corrected chi connectivity index (χ0v) is 18.4. The molecule has 0 bridgehead atoms. The number of aromatic nitrogens is 2. The molecule has 2 amide bonds. The summed E-state index contributed by atoms with van der Waals surface area (Å²) in [4.78, 5) is 50.7. The lowest BCUT2D eigenvalue weighted by Crippen LogP contribution is -2.55. The lowest BCUT2D eigenvalue weighted by atomic mass is 10.1. The number of rotatable bonds is 6. The number of furan rings is 1. The molecule has 3 heterocycles. The van der Waals surface area contributed by atoms with E-state index in [1.807, 2.05) is 13.8 Å². The Morgan fingerprint density at radius 1 is 1.19 bits per heavy atom. The first-order valence-corrected chi connectivity index (χ1v) is 10.6. The zero-order chi connectivity index (χ0) is 22.5. The molecule has 1 aliphatic heterocycles. The summed E-state index contributed by atoms with van der Waals surface area (Å²) in [6.07, 6.45) is 2.76. The molecule has 3 rings (SSSR count). The number of carbonyl (C=O) groups is 3. The quantitative estimate of drug-likeness (QED) is 0.651. The topological polar surface area (TPSA) is 106 Å². The van der Waals surface area contributed by atoms with E-state index in [1.165, 1.54) is 6.26 Å². The predicted octanol–water partition coefficient (Wildman–Crippen LogP) is 2.49. The largest absolute Gasteiger partial charge is 0.462 e. The van der Waals surface area contributed by atoms with Crippen LogP contribution in [0.5, 0.6) is 0 Å². The molecule has 9 nitrogen and oxygen atoms in total. The Bertz CT molecular complexity index is 957. The van der Waals surface area contributed by atoms with Crippen molar-refractivity contribution in [3.63, 3.8) is 0 Å². The van der Waals surface area contributed by atoms with E-state index in [0.717, 1.165) is 6.42 Å². The minimum absolute atomic E-state index is 0.0624. The number of nitrogens with zero attached hydrogens (tertiary/aromatic N) is 4. The van der Waals surface area contributed by atoms with Crippen LogP contribution in [0.3, 0.4) is 0 Å². The maximum absolute atomic E-state index is 13.4. The van der Waals surface area contributed by atoms with Crippen molar-refractivity contribution in [1.82, 2.24) is 19.8 Å². The molecule has 0 N–H and O–H groups in total. The van der Waals surface area contributed by atoms with Gasteiger partial charge in [-0.1, -0.05) is 13.3 Å². The Kier molecular flexibility index (Phi) is 7.04. The van der Waals surface area contributed by atoms with Crippen LogP contribution in [0.4, 0.5) is 0 Å². The van der Waals surface area contributed by atoms with Crippen LogP contribution < -0.4 is 0 Å². The third-order valence-corrected chi connectivity index (χ3v) is 5.17. The van der Waals surface area contributed by atoms with Gasteiger partial charge in [0.1, 0.15) is 17.1 Å². The van der Waals surface area contributed by atoms with Crippen molar-refractivity contribution in [2.75, 3.05) is 26.2 Å². The van der Waals surface area contributed by atoms with Crippen LogP contribution in [0.1, 0.15) is 70.1 Å². The van der Waals surface area contributed by atoms with E-state index in [2.05, 4.69) is 9.97 Å². The van der Waals surface area contributed by atoms with Crippen LogP contribution >= 0.6 is 0 Å². The Balaban J connectivity index is 1.86. The van der Waals surface area contributed by atoms with Gasteiger partial charge in [0.15, 0.2) is 5.76 Å². The summed E-state index contributed by atoms with van der Waals surface area (Å²) in [6, 6.07) is 3.07. The summed E-state index contributed by atoms with van der Waals surface area (Å²) in [6.45, 7) is 8.46. The summed E-state index contributed by atoms with van der Waals surface area (Å²) in [7, 11) is 0. The molecule has 9 heteroatoms. The van der Waals surface area contributed by atoms with Gasteiger partial charge in [-0.05, 0) is 39.3 Å². The molecule has 166 valence electrons. The highest BCUT2D eigenvalue weighted by Crippen LogP contribution is 2.20. The SMILES string of the molecule is CCCc1nc(C)nc(C(=O)N2CCN(C(=O)c3ccco3)C(C)C2)c1C(=O)OCC. The van der Waals surface area contributed by atoms with Crippen molar-refractivity contribution in [3.05, 3.63) is 46.9 Å². The molecule has 2 aromatic rings. The van der Waals surface area contributed by atoms with E-state index >= 15 is 0 Å². The van der Waals surface area contributed by atoms with Gasteiger partial charge < -0.3 is 19.0 Å². The summed E-state index contributed by atoms with van der Waals surface area (Å²) in [5, 5.41) is 0. The second kappa shape index (κ2) is 9.72. The first kappa shape index (κ1) is 22.5. The van der Waals surface area contributed by atoms with Crippen molar-refractivity contribution in [3.8, 4) is 0 Å². The number of carbonyl (C=O) groups excluding carboxylic acids is 3. The highest BCUT2D eigenvalue weighted by atomic mass is 16.5. The smallest absolute Gasteiger partial charge is 0.342 e. The summed E-state index contributed by atoms with van der Waals surface area (Å²) >= 11 is 0. The normalized spacial score (nSPS) is 16.3. The third kappa shape index (κ3) is 4.76. The van der Waals surface area contributed by atoms with Gasteiger partial charge in [0.05, 0.1) is 18.6 Å². The maximum Gasteiger partial charge on any atom is 0.342 e. The third-order valence-electron chi connectivity index (χ3n) is 5.17. The van der Waals surface area contributed by atoms with E-state index in [1.54, 1.807) is 35.8 Å². The van der Waals surface area contributed by atoms with Crippen LogP contribution in [-0.4, -0.2) is 69.8 Å². The number of piperazine rings is 1. The standard InChI is InChI=1S/C22H28N4O5/c1-5-8-16-18(22(29)30-6-2)19(24-15(4)23-16)21(28)25-10-11-26(14(3)13-25)20(27)17-9-7-12-31-17/h7,9,12,14H,5-6,8,10-11,13H2,1-4H3. The van der Waals surface area contributed by atoms with E-state index in [-0.39, 0.29) is 41.5 Å². The Labute approximate surface area is 181 Å². The molecule has 1 unspecified atom stereocenters. The van der Waals surface area contributed by atoms with Crippen molar-refractivity contribution >= 4 is 17.8 Å². The van der Waals surface area contributed by atoms with Crippen molar-refractivity contribution in [1.29, 1.82) is 0 Å². The summed E-state index contributed by atoms with van der Waals surface area (Å²) < 4.78 is 10.4. The Morgan fingerprint density at radius 3 is 2.58 bits per heavy atom. The van der Waals surface area contributed by atoms with Crippen LogP contribution in [0.25, 0.3) is 0 Å². The fourth-order valence-corrected chi connectivity index (χ4v) is 3.76. The molecule has 1 aliphatic rings. The Morgan fingerprint density at radius 2 is 1.97 bits per heavy atom. The molecule has 0 spiro atoms. The molecule has 2 aromatic heterocycles. The van der Waals surface area contributed by atoms with Crippen LogP contribution in [0.15, 0.2) is 22.8 Å². The predicted molar refractivity (Wildman–Crippen MR) is 112 cm³/mol. The molecular formula is C22H28N4O5. The van der Waals surface area contributed by atoms with Gasteiger partial charge in [0.25, 0.3) is 11.8 Å². The van der Waals surface area contributed by atoms with Crippen molar-refractivity contribution in [2.45, 2.75) is 46.6 Å². The first-order chi connectivity index (χ1) is 14.9. The molecule has 0 aromatic carbocycles. The fraction of sp³-hybridized carbons (Fsp3) is 0.500. The second-order valence-corrected chi connectivity index (χ2v) is 7.49. The summed E-state index contributed by atoms with van der Waals surface area (Å²) in [5.41, 5.74) is 0.727. The van der Waals surface area contributed by atoms with E-state index < -0.39 is 5.97 Å². The van der Waals surface area contributed by atoms with Gasteiger partial charge in [-0.2, -0.15) is 0 Å². The van der Waals surface area contributed by atoms with Gasteiger partial charge in [-0.15, -0.1) is 0 Å². The van der Waals surface area contributed by atoms with Crippen LogP contribution in [0, 0.1) is 6.92 Å². The molecule has 0 aliphatic carbocycles. The van der Waals surface area contributed by atoms with Crippen molar-refractivity contribution in [2.24, 2.45) is 0 Å². The number of amides is 2. The molecule has 1 fully saturated rings. The van der Waals surface area contributed by atoms with Crippen LogP contribution in [0.2, 0.25) is 0 Å². The molecule has 0 radical (unpaired) electrons. The average Bonchev–Trinajstić information content (AvgIpc) is 3.27. The number of hydrogen-bond donors (Lipinski definition) is 0. The highest BCUT2D eigenvalue weighted by Gasteiger charge is 2.34. The highest BCUT2D eigenvalue weighted by molar-refractivity contribution is 6.04. The molecule has 0 saturated carbocycles. The first-order valence-electron chi connectivity index (χ1n) is 10.6. The maximum atomic E-state index is 13.4. The fourth-order valence-electron chi connectivity index (χ4n) is 3.76.